The van der Waals surface area contributed by atoms with Crippen molar-refractivity contribution in [3.8, 4) is 17.1 Å². The van der Waals surface area contributed by atoms with Gasteiger partial charge in [0.05, 0.1) is 12.8 Å². The van der Waals surface area contributed by atoms with E-state index >= 15 is 0 Å². The number of methoxy groups -OCH3 is 1. The van der Waals surface area contributed by atoms with Crippen molar-refractivity contribution in [2.45, 2.75) is 38.6 Å². The molecule has 3 aromatic rings. The minimum Gasteiger partial charge on any atom is -0.497 e. The highest BCUT2D eigenvalue weighted by molar-refractivity contribution is 5.96. The molecule has 8 heteroatoms. The van der Waals surface area contributed by atoms with Crippen LogP contribution < -0.4 is 10.1 Å². The molecule has 0 saturated heterocycles. The number of benzene rings is 2. The summed E-state index contributed by atoms with van der Waals surface area (Å²) < 4.78 is 5.12. The average molecular weight is 419 g/mol. The van der Waals surface area contributed by atoms with Gasteiger partial charge in [-0.3, -0.25) is 9.59 Å². The average Bonchev–Trinajstić information content (AvgIpc) is 3.28. The van der Waals surface area contributed by atoms with E-state index in [1.165, 1.54) is 11.2 Å². The van der Waals surface area contributed by atoms with Gasteiger partial charge in [0.25, 0.3) is 0 Å². The zero-order chi connectivity index (χ0) is 21.6. The fourth-order valence-corrected chi connectivity index (χ4v) is 3.80. The summed E-state index contributed by atoms with van der Waals surface area (Å²) in [5.41, 5.74) is 1.87. The Labute approximate surface area is 180 Å². The van der Waals surface area contributed by atoms with Gasteiger partial charge in [0.15, 0.2) is 5.78 Å². The number of Topliss-reactive ketones (excluding diaryl/α,β-unsaturated/α-hetero) is 1. The second-order valence-electron chi connectivity index (χ2n) is 7.66. The number of nitrogens with zero attached hydrogens (tertiary/aromatic N) is 4. The van der Waals surface area contributed by atoms with Gasteiger partial charge in [-0.1, -0.05) is 31.4 Å². The standard InChI is InChI=1S/C23H25N5O3/c1-31-18-13-11-16(12-14-18)21(29)15-28-26-22(25-27-28)19-9-5-6-10-20(19)24-23(30)17-7-3-2-4-8-17/h5-6,9-14,17H,2-4,7-8,15H2,1H3,(H,24,30). The van der Waals surface area contributed by atoms with Crippen LogP contribution in [0.25, 0.3) is 11.4 Å². The number of amides is 1. The lowest BCUT2D eigenvalue weighted by molar-refractivity contribution is -0.120. The third-order valence-electron chi connectivity index (χ3n) is 5.55. The molecule has 1 amide bonds. The number of tetrazole rings is 1. The molecule has 1 saturated carbocycles. The molecule has 1 heterocycles. The van der Waals surface area contributed by atoms with Crippen LogP contribution in [0.3, 0.4) is 0 Å². The summed E-state index contributed by atoms with van der Waals surface area (Å²) in [6.45, 7) is -0.0318. The number of aromatic nitrogens is 4. The maximum atomic E-state index is 12.7. The molecule has 8 nitrogen and oxygen atoms in total. The van der Waals surface area contributed by atoms with E-state index in [0.717, 1.165) is 25.7 Å². The molecule has 1 N–H and O–H groups in total. The van der Waals surface area contributed by atoms with Gasteiger partial charge in [0, 0.05) is 17.0 Å². The predicted octanol–water partition coefficient (Wildman–Crippen LogP) is 3.75. The van der Waals surface area contributed by atoms with Crippen molar-refractivity contribution in [3.63, 3.8) is 0 Å². The van der Waals surface area contributed by atoms with Crippen LogP contribution in [0.4, 0.5) is 5.69 Å². The Morgan fingerprint density at radius 1 is 1.06 bits per heavy atom. The van der Waals surface area contributed by atoms with Crippen molar-refractivity contribution in [3.05, 3.63) is 54.1 Å². The number of ketones is 1. The van der Waals surface area contributed by atoms with E-state index in [0.29, 0.717) is 28.4 Å². The summed E-state index contributed by atoms with van der Waals surface area (Å²) in [6, 6.07) is 14.3. The number of rotatable bonds is 7. The smallest absolute Gasteiger partial charge is 0.227 e. The van der Waals surface area contributed by atoms with Gasteiger partial charge in [-0.15, -0.1) is 10.2 Å². The number of ether oxygens (including phenoxy) is 1. The van der Waals surface area contributed by atoms with Gasteiger partial charge >= 0.3 is 0 Å². The highest BCUT2D eigenvalue weighted by atomic mass is 16.5. The number of nitrogens with one attached hydrogen (secondary N) is 1. The fraction of sp³-hybridized carbons (Fsp3) is 0.348. The van der Waals surface area contributed by atoms with Crippen LogP contribution >= 0.6 is 0 Å². The summed E-state index contributed by atoms with van der Waals surface area (Å²) in [6.07, 6.45) is 5.24. The van der Waals surface area contributed by atoms with Crippen LogP contribution in [0, 0.1) is 5.92 Å². The van der Waals surface area contributed by atoms with Gasteiger partial charge in [-0.25, -0.2) is 0 Å². The Balaban J connectivity index is 1.47. The normalized spacial score (nSPS) is 14.2. The highest BCUT2D eigenvalue weighted by Gasteiger charge is 2.22. The first-order valence-corrected chi connectivity index (χ1v) is 10.5. The minimum atomic E-state index is -0.134. The second kappa shape index (κ2) is 9.51. The fourth-order valence-electron chi connectivity index (χ4n) is 3.80. The number of anilines is 1. The van der Waals surface area contributed by atoms with E-state index in [1.54, 1.807) is 31.4 Å². The lowest BCUT2D eigenvalue weighted by Crippen LogP contribution is -2.25. The highest BCUT2D eigenvalue weighted by Crippen LogP contribution is 2.28. The van der Waals surface area contributed by atoms with E-state index in [-0.39, 0.29) is 24.2 Å². The topological polar surface area (TPSA) is 99.0 Å². The SMILES string of the molecule is COc1ccc(C(=O)Cn2nnc(-c3ccccc3NC(=O)C3CCCCC3)n2)cc1. The molecule has 0 radical (unpaired) electrons. The number of hydrogen-bond donors (Lipinski definition) is 1. The molecule has 4 rings (SSSR count). The quantitative estimate of drug-likeness (QED) is 0.586. The summed E-state index contributed by atoms with van der Waals surface area (Å²) in [5, 5.41) is 15.5. The van der Waals surface area contributed by atoms with Crippen molar-refractivity contribution in [2.75, 3.05) is 12.4 Å². The first-order chi connectivity index (χ1) is 15.1. The molecule has 0 bridgehead atoms. The summed E-state index contributed by atoms with van der Waals surface area (Å²) in [7, 11) is 1.58. The van der Waals surface area contributed by atoms with Crippen LogP contribution in [0.5, 0.6) is 5.75 Å². The van der Waals surface area contributed by atoms with Crippen molar-refractivity contribution >= 4 is 17.4 Å². The second-order valence-corrected chi connectivity index (χ2v) is 7.66. The summed E-state index contributed by atoms with van der Waals surface area (Å²) >= 11 is 0. The molecule has 0 spiro atoms. The van der Waals surface area contributed by atoms with Crippen LogP contribution in [-0.4, -0.2) is 39.0 Å². The van der Waals surface area contributed by atoms with Gasteiger partial charge in [0.2, 0.25) is 11.7 Å². The van der Waals surface area contributed by atoms with Crippen molar-refractivity contribution in [1.82, 2.24) is 20.2 Å². The van der Waals surface area contributed by atoms with Gasteiger partial charge in [-0.05, 0) is 54.5 Å². The van der Waals surface area contributed by atoms with E-state index in [4.69, 9.17) is 4.74 Å². The zero-order valence-electron chi connectivity index (χ0n) is 17.5. The zero-order valence-corrected chi connectivity index (χ0v) is 17.5. The summed E-state index contributed by atoms with van der Waals surface area (Å²) in [5.74, 6) is 0.999. The van der Waals surface area contributed by atoms with Gasteiger partial charge < -0.3 is 10.1 Å². The molecule has 31 heavy (non-hydrogen) atoms. The van der Waals surface area contributed by atoms with Crippen molar-refractivity contribution < 1.29 is 14.3 Å². The Morgan fingerprint density at radius 2 is 1.81 bits per heavy atom. The lowest BCUT2D eigenvalue weighted by Gasteiger charge is -2.21. The first-order valence-electron chi connectivity index (χ1n) is 10.5. The van der Waals surface area contributed by atoms with Crippen LogP contribution in [0.15, 0.2) is 48.5 Å². The number of carbonyl (C=O) groups excluding carboxylic acids is 2. The Kier molecular flexibility index (Phi) is 6.35. The molecule has 1 fully saturated rings. The van der Waals surface area contributed by atoms with E-state index < -0.39 is 0 Å². The maximum Gasteiger partial charge on any atom is 0.227 e. The molecule has 0 aliphatic heterocycles. The van der Waals surface area contributed by atoms with Crippen LogP contribution in [0.1, 0.15) is 42.5 Å². The largest absolute Gasteiger partial charge is 0.497 e. The molecule has 1 aliphatic rings. The van der Waals surface area contributed by atoms with E-state index in [1.807, 2.05) is 24.3 Å². The number of para-hydroxylation sites is 1. The Morgan fingerprint density at radius 3 is 2.55 bits per heavy atom. The maximum absolute atomic E-state index is 12.7. The molecular weight excluding hydrogens is 394 g/mol. The molecule has 160 valence electrons. The third kappa shape index (κ3) is 4.96. The number of carbonyl (C=O) groups is 2. The first kappa shape index (κ1) is 20.7. The monoisotopic (exact) mass is 419 g/mol. The molecular formula is C23H25N5O3. The predicted molar refractivity (Wildman–Crippen MR) is 116 cm³/mol. The molecule has 0 atom stereocenters. The minimum absolute atomic E-state index is 0.0318. The van der Waals surface area contributed by atoms with E-state index in [2.05, 4.69) is 20.7 Å². The van der Waals surface area contributed by atoms with Gasteiger partial charge in [0.1, 0.15) is 12.3 Å². The molecule has 0 unspecified atom stereocenters. The lowest BCUT2D eigenvalue weighted by atomic mass is 9.88. The van der Waals surface area contributed by atoms with E-state index in [9.17, 15) is 9.59 Å². The van der Waals surface area contributed by atoms with Crippen LogP contribution in [0.2, 0.25) is 0 Å². The van der Waals surface area contributed by atoms with Gasteiger partial charge in [-0.2, -0.15) is 4.80 Å². The Bertz CT molecular complexity index is 1060. The third-order valence-corrected chi connectivity index (χ3v) is 5.55. The molecule has 2 aromatic carbocycles. The summed E-state index contributed by atoms with van der Waals surface area (Å²) in [4.78, 5) is 26.5. The number of hydrogen-bond acceptors (Lipinski definition) is 6. The van der Waals surface area contributed by atoms with Crippen molar-refractivity contribution in [2.24, 2.45) is 5.92 Å². The molecule has 1 aliphatic carbocycles. The van der Waals surface area contributed by atoms with Crippen molar-refractivity contribution in [1.29, 1.82) is 0 Å². The Hall–Kier alpha value is -3.55. The molecule has 1 aromatic heterocycles. The van der Waals surface area contributed by atoms with Crippen LogP contribution in [-0.2, 0) is 11.3 Å².